The predicted molar refractivity (Wildman–Crippen MR) is 68.4 cm³/mol. The van der Waals surface area contributed by atoms with E-state index in [1.165, 1.54) is 12.1 Å². The molecule has 0 spiro atoms. The molecule has 0 unspecified atom stereocenters. The topological polar surface area (TPSA) is 50.9 Å². The molecule has 2 aromatic rings. The minimum Gasteiger partial charge on any atom is -0.384 e. The molecule has 3 N–H and O–H groups in total. The van der Waals surface area contributed by atoms with Crippen molar-refractivity contribution < 1.29 is 4.39 Å². The van der Waals surface area contributed by atoms with E-state index in [2.05, 4.69) is 10.3 Å². The molecule has 88 valence electrons. The number of hydrogen-bond acceptors (Lipinski definition) is 3. The van der Waals surface area contributed by atoms with E-state index in [9.17, 15) is 4.39 Å². The van der Waals surface area contributed by atoms with Crippen molar-refractivity contribution in [2.24, 2.45) is 0 Å². The number of hydrogen-bond donors (Lipinski definition) is 2. The van der Waals surface area contributed by atoms with E-state index >= 15 is 0 Å². The van der Waals surface area contributed by atoms with E-state index in [1.807, 2.05) is 0 Å². The van der Waals surface area contributed by atoms with Gasteiger partial charge in [0.15, 0.2) is 5.82 Å². The Morgan fingerprint density at radius 1 is 1.12 bits per heavy atom. The molecule has 2 rings (SSSR count). The third-order valence-electron chi connectivity index (χ3n) is 2.05. The predicted octanol–water partition coefficient (Wildman–Crippen LogP) is 3.85. The molecule has 0 aliphatic heterocycles. The summed E-state index contributed by atoms with van der Waals surface area (Å²) in [6.45, 7) is 0. The minimum atomic E-state index is -0.631. The van der Waals surface area contributed by atoms with Crippen molar-refractivity contribution in [1.82, 2.24) is 4.98 Å². The average Bonchev–Trinajstić information content (AvgIpc) is 2.26. The highest BCUT2D eigenvalue weighted by Crippen LogP contribution is 2.29. The van der Waals surface area contributed by atoms with Gasteiger partial charge in [0.2, 0.25) is 0 Å². The van der Waals surface area contributed by atoms with Gasteiger partial charge in [0.25, 0.3) is 0 Å². The SMILES string of the molecule is Nc1cc(Nc2cc(Cl)c(F)c(Cl)c2)ccn1. The normalized spacial score (nSPS) is 10.3. The van der Waals surface area contributed by atoms with Crippen LogP contribution in [0.25, 0.3) is 0 Å². The number of rotatable bonds is 2. The second kappa shape index (κ2) is 4.77. The van der Waals surface area contributed by atoms with E-state index in [1.54, 1.807) is 18.3 Å². The molecule has 0 saturated carbocycles. The van der Waals surface area contributed by atoms with Gasteiger partial charge in [-0.05, 0) is 18.2 Å². The van der Waals surface area contributed by atoms with Crippen LogP contribution in [0.5, 0.6) is 0 Å². The van der Waals surface area contributed by atoms with Gasteiger partial charge in [-0.15, -0.1) is 0 Å². The molecule has 17 heavy (non-hydrogen) atoms. The molecule has 0 aliphatic rings. The van der Waals surface area contributed by atoms with Crippen molar-refractivity contribution in [3.8, 4) is 0 Å². The summed E-state index contributed by atoms with van der Waals surface area (Å²) in [7, 11) is 0. The molecule has 0 radical (unpaired) electrons. The van der Waals surface area contributed by atoms with Crippen LogP contribution < -0.4 is 11.1 Å². The molecule has 3 nitrogen and oxygen atoms in total. The molecule has 0 atom stereocenters. The summed E-state index contributed by atoms with van der Waals surface area (Å²) in [6, 6.07) is 6.26. The van der Waals surface area contributed by atoms with Crippen molar-refractivity contribution in [2.75, 3.05) is 11.1 Å². The Hall–Kier alpha value is -1.52. The van der Waals surface area contributed by atoms with Crippen LogP contribution in [0, 0.1) is 5.82 Å². The van der Waals surface area contributed by atoms with E-state index in [0.29, 0.717) is 11.5 Å². The summed E-state index contributed by atoms with van der Waals surface area (Å²) >= 11 is 11.4. The molecular formula is C11H8Cl2FN3. The fourth-order valence-electron chi connectivity index (χ4n) is 1.32. The van der Waals surface area contributed by atoms with Gasteiger partial charge in [-0.2, -0.15) is 0 Å². The minimum absolute atomic E-state index is 0.0398. The second-order valence-corrected chi connectivity index (χ2v) is 4.16. The zero-order valence-corrected chi connectivity index (χ0v) is 10.1. The first kappa shape index (κ1) is 12.0. The van der Waals surface area contributed by atoms with Crippen molar-refractivity contribution in [1.29, 1.82) is 0 Å². The monoisotopic (exact) mass is 271 g/mol. The van der Waals surface area contributed by atoms with Crippen LogP contribution in [0.15, 0.2) is 30.5 Å². The van der Waals surface area contributed by atoms with Crippen molar-refractivity contribution in [2.45, 2.75) is 0 Å². The van der Waals surface area contributed by atoms with Gasteiger partial charge in [-0.1, -0.05) is 23.2 Å². The largest absolute Gasteiger partial charge is 0.384 e. The lowest BCUT2D eigenvalue weighted by atomic mass is 10.3. The Morgan fingerprint density at radius 2 is 1.76 bits per heavy atom. The molecule has 0 fully saturated rings. The summed E-state index contributed by atoms with van der Waals surface area (Å²) in [6.07, 6.45) is 1.56. The standard InChI is InChI=1S/C11H8Cl2FN3/c12-8-3-7(4-9(13)11(8)14)17-6-1-2-16-10(15)5-6/h1-5H,(H3,15,16,17). The summed E-state index contributed by atoms with van der Waals surface area (Å²) in [4.78, 5) is 3.86. The Balaban J connectivity index is 2.31. The molecule has 0 aliphatic carbocycles. The molecule has 1 aromatic carbocycles. The van der Waals surface area contributed by atoms with Crippen LogP contribution in [-0.2, 0) is 0 Å². The molecule has 6 heteroatoms. The van der Waals surface area contributed by atoms with E-state index in [4.69, 9.17) is 28.9 Å². The highest BCUT2D eigenvalue weighted by molar-refractivity contribution is 6.35. The molecule has 1 heterocycles. The first-order chi connectivity index (χ1) is 8.06. The molecule has 0 saturated heterocycles. The molecule has 0 amide bonds. The number of nitrogens with zero attached hydrogens (tertiary/aromatic N) is 1. The Labute approximate surface area is 107 Å². The zero-order valence-electron chi connectivity index (χ0n) is 8.55. The van der Waals surface area contributed by atoms with Crippen LogP contribution in [0.3, 0.4) is 0 Å². The van der Waals surface area contributed by atoms with E-state index < -0.39 is 5.82 Å². The second-order valence-electron chi connectivity index (χ2n) is 3.35. The maximum absolute atomic E-state index is 13.2. The Kier molecular flexibility index (Phi) is 3.36. The van der Waals surface area contributed by atoms with Gasteiger partial charge in [0.1, 0.15) is 5.82 Å². The summed E-state index contributed by atoms with van der Waals surface area (Å²) in [5.74, 6) is -0.248. The Morgan fingerprint density at radius 3 is 2.35 bits per heavy atom. The smallest absolute Gasteiger partial charge is 0.160 e. The lowest BCUT2D eigenvalue weighted by molar-refractivity contribution is 0.629. The molecule has 0 bridgehead atoms. The van der Waals surface area contributed by atoms with Crippen molar-refractivity contribution in [3.63, 3.8) is 0 Å². The van der Waals surface area contributed by atoms with Crippen LogP contribution in [0.1, 0.15) is 0 Å². The van der Waals surface area contributed by atoms with Gasteiger partial charge >= 0.3 is 0 Å². The average molecular weight is 272 g/mol. The third-order valence-corrected chi connectivity index (χ3v) is 2.60. The van der Waals surface area contributed by atoms with Crippen LogP contribution in [-0.4, -0.2) is 4.98 Å². The zero-order chi connectivity index (χ0) is 12.4. The summed E-state index contributed by atoms with van der Waals surface area (Å²) < 4.78 is 13.2. The number of nitrogens with two attached hydrogens (primary N) is 1. The first-order valence-corrected chi connectivity index (χ1v) is 5.45. The van der Waals surface area contributed by atoms with Gasteiger partial charge in [-0.25, -0.2) is 9.37 Å². The van der Waals surface area contributed by atoms with Crippen LogP contribution >= 0.6 is 23.2 Å². The highest BCUT2D eigenvalue weighted by atomic mass is 35.5. The van der Waals surface area contributed by atoms with Crippen LogP contribution in [0.4, 0.5) is 21.6 Å². The van der Waals surface area contributed by atoms with Crippen molar-refractivity contribution in [3.05, 3.63) is 46.3 Å². The third kappa shape index (κ3) is 2.78. The fraction of sp³-hybridized carbons (Fsp3) is 0. The number of aromatic nitrogens is 1. The fourth-order valence-corrected chi connectivity index (χ4v) is 1.81. The first-order valence-electron chi connectivity index (χ1n) is 4.69. The van der Waals surface area contributed by atoms with Crippen LogP contribution in [0.2, 0.25) is 10.0 Å². The van der Waals surface area contributed by atoms with E-state index in [-0.39, 0.29) is 10.0 Å². The maximum Gasteiger partial charge on any atom is 0.160 e. The lowest BCUT2D eigenvalue weighted by Gasteiger charge is -2.08. The number of benzene rings is 1. The quantitative estimate of drug-likeness (QED) is 0.816. The lowest BCUT2D eigenvalue weighted by Crippen LogP contribution is -1.95. The Bertz CT molecular complexity index is 537. The number of nitrogen functional groups attached to an aromatic ring is 1. The molecule has 1 aromatic heterocycles. The van der Waals surface area contributed by atoms with Crippen molar-refractivity contribution >= 4 is 40.4 Å². The molecular weight excluding hydrogens is 264 g/mol. The van der Waals surface area contributed by atoms with E-state index in [0.717, 1.165) is 5.69 Å². The highest BCUT2D eigenvalue weighted by Gasteiger charge is 2.07. The number of halogens is 3. The van der Waals surface area contributed by atoms with Gasteiger partial charge in [0.05, 0.1) is 10.0 Å². The number of nitrogens with one attached hydrogen (secondary N) is 1. The van der Waals surface area contributed by atoms with Gasteiger partial charge in [0, 0.05) is 23.6 Å². The number of anilines is 3. The summed E-state index contributed by atoms with van der Waals surface area (Å²) in [5, 5.41) is 2.92. The summed E-state index contributed by atoms with van der Waals surface area (Å²) in [5.41, 5.74) is 6.83. The number of pyridine rings is 1. The van der Waals surface area contributed by atoms with Gasteiger partial charge in [-0.3, -0.25) is 0 Å². The maximum atomic E-state index is 13.2. The van der Waals surface area contributed by atoms with Gasteiger partial charge < -0.3 is 11.1 Å².